The Morgan fingerprint density at radius 2 is 1.32 bits per heavy atom. The van der Waals surface area contributed by atoms with Crippen molar-refractivity contribution in [3.63, 3.8) is 0 Å². The molecule has 11 heteroatoms. The molecular formula is C30H48Cl2N6O3. The molecule has 3 N–H and O–H groups in total. The van der Waals surface area contributed by atoms with Crippen LogP contribution in [-0.2, 0) is 6.42 Å². The van der Waals surface area contributed by atoms with Gasteiger partial charge in [0, 0.05) is 70.5 Å². The number of hydrogen-bond acceptors (Lipinski definition) is 8. The zero-order valence-electron chi connectivity index (χ0n) is 25.0. The number of hydrogen-bond donors (Lipinski definition) is 1. The number of benzene rings is 1. The molecule has 4 aliphatic rings. The smallest absolute Gasteiger partial charge is 0.229 e. The highest BCUT2D eigenvalue weighted by Gasteiger charge is 2.37. The number of rotatable bonds is 5. The van der Waals surface area contributed by atoms with Crippen LogP contribution in [0.1, 0.15) is 61.3 Å². The molecule has 6 rings (SSSR count). The van der Waals surface area contributed by atoms with Gasteiger partial charge in [0.15, 0.2) is 0 Å². The van der Waals surface area contributed by atoms with Gasteiger partial charge in [-0.25, -0.2) is 0 Å². The van der Waals surface area contributed by atoms with Gasteiger partial charge in [0.25, 0.3) is 0 Å². The van der Waals surface area contributed by atoms with Crippen LogP contribution in [0.3, 0.4) is 0 Å². The van der Waals surface area contributed by atoms with Crippen molar-refractivity contribution in [2.75, 3.05) is 73.6 Å². The second kappa shape index (κ2) is 13.4. The molecule has 0 bridgehead atoms. The van der Waals surface area contributed by atoms with Crippen LogP contribution in [-0.4, -0.2) is 90.0 Å². The summed E-state index contributed by atoms with van der Waals surface area (Å²) >= 11 is 0. The minimum Gasteiger partial charge on any atom is -0.507 e. The number of anilines is 3. The third-order valence-corrected chi connectivity index (χ3v) is 9.35. The second-order valence-electron chi connectivity index (χ2n) is 12.1. The standard InChI is InChI=1S/C30H44N6O2.2ClH.H2O/c1-21-22(2)28-24(23(3)27(21)37)9-10-30(4,38-28)20-33-15-17-35(18-16-33)26-19-25(34-11-5-6-12-34)31-29(32-26)36-13-7-8-14-36;;;/h19,37H,5-18,20H2,1-4H3;2*1H;1H2. The van der Waals surface area contributed by atoms with Gasteiger partial charge in [-0.2, -0.15) is 9.97 Å². The number of piperazine rings is 1. The molecule has 1 aromatic heterocycles. The van der Waals surface area contributed by atoms with E-state index >= 15 is 0 Å². The Balaban J connectivity index is 0.00000154. The molecule has 0 amide bonds. The maximum Gasteiger partial charge on any atom is 0.229 e. The summed E-state index contributed by atoms with van der Waals surface area (Å²) in [5.41, 5.74) is 3.94. The normalized spacial score (nSPS) is 22.4. The Kier molecular flexibility index (Phi) is 10.9. The highest BCUT2D eigenvalue weighted by atomic mass is 35.5. The summed E-state index contributed by atoms with van der Waals surface area (Å²) in [5, 5.41) is 10.5. The van der Waals surface area contributed by atoms with E-state index in [1.807, 2.05) is 13.8 Å². The van der Waals surface area contributed by atoms with Gasteiger partial charge in [-0.3, -0.25) is 4.90 Å². The third kappa shape index (κ3) is 6.58. The number of ether oxygens (including phenoxy) is 1. The Labute approximate surface area is 257 Å². The molecule has 0 saturated carbocycles. The van der Waals surface area contributed by atoms with E-state index in [1.165, 1.54) is 31.2 Å². The molecule has 0 spiro atoms. The first-order valence-electron chi connectivity index (χ1n) is 14.7. The fraction of sp³-hybridized carbons (Fsp3) is 0.667. The molecular weight excluding hydrogens is 563 g/mol. The largest absolute Gasteiger partial charge is 0.507 e. The van der Waals surface area contributed by atoms with E-state index in [2.05, 4.69) is 39.5 Å². The van der Waals surface area contributed by atoms with E-state index < -0.39 is 0 Å². The average Bonchev–Trinajstić information content (AvgIpc) is 3.66. The van der Waals surface area contributed by atoms with Crippen LogP contribution in [0.25, 0.3) is 0 Å². The van der Waals surface area contributed by atoms with Crippen molar-refractivity contribution in [2.45, 2.75) is 71.8 Å². The van der Waals surface area contributed by atoms with Crippen molar-refractivity contribution in [1.82, 2.24) is 14.9 Å². The highest BCUT2D eigenvalue weighted by Crippen LogP contribution is 2.43. The van der Waals surface area contributed by atoms with Crippen molar-refractivity contribution >= 4 is 42.4 Å². The molecule has 41 heavy (non-hydrogen) atoms. The number of phenols is 1. The number of phenolic OH excluding ortho intramolecular Hbond substituents is 1. The zero-order valence-corrected chi connectivity index (χ0v) is 26.7. The summed E-state index contributed by atoms with van der Waals surface area (Å²) in [4.78, 5) is 19.9. The fourth-order valence-electron chi connectivity index (χ4n) is 6.75. The van der Waals surface area contributed by atoms with Gasteiger partial charge >= 0.3 is 0 Å². The maximum absolute atomic E-state index is 10.5. The molecule has 2 aromatic rings. The quantitative estimate of drug-likeness (QED) is 0.537. The third-order valence-electron chi connectivity index (χ3n) is 9.35. The van der Waals surface area contributed by atoms with Gasteiger partial charge in [0.05, 0.1) is 0 Å². The van der Waals surface area contributed by atoms with E-state index in [9.17, 15) is 5.11 Å². The summed E-state index contributed by atoms with van der Waals surface area (Å²) in [7, 11) is 0. The van der Waals surface area contributed by atoms with Crippen LogP contribution < -0.4 is 19.4 Å². The fourth-order valence-corrected chi connectivity index (χ4v) is 6.75. The van der Waals surface area contributed by atoms with Crippen molar-refractivity contribution < 1.29 is 15.3 Å². The lowest BCUT2D eigenvalue weighted by atomic mass is 9.87. The molecule has 230 valence electrons. The van der Waals surface area contributed by atoms with Crippen molar-refractivity contribution in [2.24, 2.45) is 0 Å². The van der Waals surface area contributed by atoms with Crippen LogP contribution in [0.4, 0.5) is 17.6 Å². The van der Waals surface area contributed by atoms with E-state index in [1.54, 1.807) is 0 Å². The molecule has 0 aliphatic carbocycles. The lowest BCUT2D eigenvalue weighted by Gasteiger charge is -2.43. The van der Waals surface area contributed by atoms with Gasteiger partial charge < -0.3 is 30.0 Å². The lowest BCUT2D eigenvalue weighted by Crippen LogP contribution is -2.54. The first-order valence-corrected chi connectivity index (χ1v) is 14.7. The molecule has 1 atom stereocenters. The summed E-state index contributed by atoms with van der Waals surface area (Å²) in [5.74, 6) is 4.52. The number of aromatic nitrogens is 2. The SMILES string of the molecule is Cc1c(C)c2c(c(C)c1O)CCC(C)(CN1CCN(c3cc(N4CCCC4)nc(N4CCCC4)n3)CC1)O2.Cl.Cl.O. The van der Waals surface area contributed by atoms with Crippen molar-refractivity contribution in [1.29, 1.82) is 0 Å². The van der Waals surface area contributed by atoms with Crippen molar-refractivity contribution in [3.8, 4) is 11.5 Å². The topological polar surface area (TPSA) is 99.7 Å². The number of aromatic hydroxyl groups is 1. The molecule has 3 fully saturated rings. The van der Waals surface area contributed by atoms with Gasteiger partial charge in [-0.1, -0.05) is 0 Å². The predicted octanol–water partition coefficient (Wildman–Crippen LogP) is 4.23. The van der Waals surface area contributed by atoms with Crippen molar-refractivity contribution in [3.05, 3.63) is 28.3 Å². The van der Waals surface area contributed by atoms with Crippen LogP contribution >= 0.6 is 24.8 Å². The number of nitrogens with zero attached hydrogens (tertiary/aromatic N) is 6. The Morgan fingerprint density at radius 1 is 0.780 bits per heavy atom. The number of halogens is 2. The summed E-state index contributed by atoms with van der Waals surface area (Å²) in [6, 6.07) is 2.23. The minimum atomic E-state index is -0.226. The first kappa shape index (κ1) is 33.3. The van der Waals surface area contributed by atoms with Gasteiger partial charge in [0.1, 0.15) is 28.7 Å². The summed E-state index contributed by atoms with van der Waals surface area (Å²) in [6.07, 6.45) is 6.89. The van der Waals surface area contributed by atoms with Gasteiger partial charge in [-0.15, -0.1) is 24.8 Å². The zero-order chi connectivity index (χ0) is 26.4. The van der Waals surface area contributed by atoms with E-state index in [0.29, 0.717) is 5.75 Å². The number of fused-ring (bicyclic) bond motifs is 1. The van der Waals surface area contributed by atoms with Crippen LogP contribution in [0.15, 0.2) is 6.07 Å². The Morgan fingerprint density at radius 3 is 1.90 bits per heavy atom. The molecule has 9 nitrogen and oxygen atoms in total. The highest BCUT2D eigenvalue weighted by molar-refractivity contribution is 5.85. The molecule has 3 saturated heterocycles. The van der Waals surface area contributed by atoms with E-state index in [-0.39, 0.29) is 35.9 Å². The molecule has 1 unspecified atom stereocenters. The predicted molar refractivity (Wildman–Crippen MR) is 171 cm³/mol. The molecule has 1 aromatic carbocycles. The van der Waals surface area contributed by atoms with Gasteiger partial charge in [0.2, 0.25) is 5.95 Å². The second-order valence-corrected chi connectivity index (χ2v) is 12.1. The summed E-state index contributed by atoms with van der Waals surface area (Å²) < 4.78 is 6.73. The van der Waals surface area contributed by atoms with E-state index in [4.69, 9.17) is 14.7 Å². The van der Waals surface area contributed by atoms with Gasteiger partial charge in [-0.05, 0) is 82.9 Å². The lowest BCUT2D eigenvalue weighted by molar-refractivity contribution is 0.0226. The van der Waals surface area contributed by atoms with E-state index in [0.717, 1.165) is 112 Å². The van der Waals surface area contributed by atoms with Crippen LogP contribution in [0.5, 0.6) is 11.5 Å². The van der Waals surface area contributed by atoms with Crippen LogP contribution in [0.2, 0.25) is 0 Å². The monoisotopic (exact) mass is 610 g/mol. The Bertz CT molecular complexity index is 1160. The first-order chi connectivity index (χ1) is 18.3. The average molecular weight is 612 g/mol. The summed E-state index contributed by atoms with van der Waals surface area (Å²) in [6.45, 7) is 17.5. The Hall–Kier alpha value is -2.20. The van der Waals surface area contributed by atoms with Crippen LogP contribution in [0, 0.1) is 20.8 Å². The molecule has 0 radical (unpaired) electrons. The molecule has 5 heterocycles. The maximum atomic E-state index is 10.5. The molecule has 4 aliphatic heterocycles. The minimum absolute atomic E-state index is 0.